The van der Waals surface area contributed by atoms with Crippen LogP contribution in [0.4, 0.5) is 0 Å². The zero-order valence-electron chi connectivity index (χ0n) is 20.4. The van der Waals surface area contributed by atoms with Crippen molar-refractivity contribution in [2.24, 2.45) is 0 Å². The summed E-state index contributed by atoms with van der Waals surface area (Å²) in [6, 6.07) is 4.54. The van der Waals surface area contributed by atoms with Crippen molar-refractivity contribution in [2.75, 3.05) is 39.5 Å². The summed E-state index contributed by atoms with van der Waals surface area (Å²) in [6.07, 6.45) is 0. The molecule has 0 N–H and O–H groups in total. The largest absolute Gasteiger partial charge is 0.462 e. The van der Waals surface area contributed by atoms with Gasteiger partial charge in [-0.05, 0) is 51.5 Å². The maximum atomic E-state index is 12.5. The molecule has 1 aliphatic rings. The molecule has 3 heterocycles. The molecule has 1 aliphatic heterocycles. The summed E-state index contributed by atoms with van der Waals surface area (Å²) in [5.41, 5.74) is 1.43. The molecule has 1 aromatic carbocycles. The van der Waals surface area contributed by atoms with Gasteiger partial charge in [0, 0.05) is 18.0 Å². The maximum absolute atomic E-state index is 12.5. The Morgan fingerprint density at radius 1 is 1.00 bits per heavy atom. The molecule has 3 aromatic rings. The van der Waals surface area contributed by atoms with E-state index in [0.29, 0.717) is 37.2 Å². The zero-order valence-corrected chi connectivity index (χ0v) is 21.2. The molecular weight excluding hydrogens is 470 g/mol. The fraction of sp³-hybridized carbons (Fsp3) is 0.440. The number of aryl methyl sites for hydroxylation is 2. The number of rotatable bonds is 8. The molecule has 0 spiro atoms. The molecule has 0 aliphatic carbocycles. The lowest BCUT2D eigenvalue weighted by Gasteiger charge is -2.25. The van der Waals surface area contributed by atoms with E-state index in [1.54, 1.807) is 37.3 Å². The minimum atomic E-state index is -0.549. The minimum Gasteiger partial charge on any atom is -0.462 e. The topological polar surface area (TPSA) is 100 Å². The summed E-state index contributed by atoms with van der Waals surface area (Å²) in [5, 5.41) is 0.817. The summed E-state index contributed by atoms with van der Waals surface area (Å²) in [5.74, 6) is 0.219. The van der Waals surface area contributed by atoms with Crippen LogP contribution in [0.3, 0.4) is 0 Å². The number of carbonyl (C=O) groups excluding carboxylic acids is 2. The molecule has 10 heteroatoms. The average molecular weight is 500 g/mol. The zero-order chi connectivity index (χ0) is 24.9. The van der Waals surface area contributed by atoms with Crippen LogP contribution in [0.25, 0.3) is 10.2 Å². The van der Waals surface area contributed by atoms with E-state index in [2.05, 4.69) is 4.90 Å². The van der Waals surface area contributed by atoms with Crippen molar-refractivity contribution in [3.63, 3.8) is 0 Å². The molecular formula is C25H29N3O6S. The van der Waals surface area contributed by atoms with Crippen LogP contribution in [0.5, 0.6) is 11.6 Å². The van der Waals surface area contributed by atoms with Crippen LogP contribution in [0.1, 0.15) is 50.8 Å². The summed E-state index contributed by atoms with van der Waals surface area (Å²) in [6.45, 7) is 11.5. The minimum absolute atomic E-state index is 0.199. The highest BCUT2D eigenvalue weighted by Crippen LogP contribution is 2.37. The molecule has 0 radical (unpaired) electrons. The summed E-state index contributed by atoms with van der Waals surface area (Å²) in [4.78, 5) is 38.6. The van der Waals surface area contributed by atoms with Gasteiger partial charge in [-0.1, -0.05) is 0 Å². The van der Waals surface area contributed by atoms with E-state index in [4.69, 9.17) is 28.9 Å². The van der Waals surface area contributed by atoms with Crippen LogP contribution < -0.4 is 4.74 Å². The molecule has 0 saturated carbocycles. The Morgan fingerprint density at radius 2 is 1.63 bits per heavy atom. The second kappa shape index (κ2) is 11.1. The highest BCUT2D eigenvalue weighted by molar-refractivity contribution is 7.18. The number of aromatic nitrogens is 2. The van der Waals surface area contributed by atoms with Gasteiger partial charge in [0.15, 0.2) is 0 Å². The van der Waals surface area contributed by atoms with E-state index in [9.17, 15) is 9.59 Å². The number of esters is 2. The van der Waals surface area contributed by atoms with E-state index in [1.807, 2.05) is 13.8 Å². The first-order chi connectivity index (χ1) is 16.9. The maximum Gasteiger partial charge on any atom is 0.338 e. The Labute approximate surface area is 208 Å². The molecule has 0 amide bonds. The Bertz CT molecular complexity index is 1200. The number of hydrogen-bond donors (Lipinski definition) is 0. The number of hydrogen-bond acceptors (Lipinski definition) is 10. The monoisotopic (exact) mass is 499 g/mol. The van der Waals surface area contributed by atoms with Gasteiger partial charge in [-0.15, -0.1) is 11.3 Å². The third kappa shape index (κ3) is 5.77. The Kier molecular flexibility index (Phi) is 7.94. The van der Waals surface area contributed by atoms with Gasteiger partial charge in [0.2, 0.25) is 5.88 Å². The van der Waals surface area contributed by atoms with Gasteiger partial charge >= 0.3 is 11.9 Å². The fourth-order valence-corrected chi connectivity index (χ4v) is 4.83. The molecule has 9 nitrogen and oxygen atoms in total. The van der Waals surface area contributed by atoms with E-state index >= 15 is 0 Å². The predicted molar refractivity (Wildman–Crippen MR) is 131 cm³/mol. The summed E-state index contributed by atoms with van der Waals surface area (Å²) in [7, 11) is 0. The van der Waals surface area contributed by atoms with Crippen molar-refractivity contribution in [3.8, 4) is 11.6 Å². The van der Waals surface area contributed by atoms with Crippen LogP contribution >= 0.6 is 11.3 Å². The molecule has 0 bridgehead atoms. The lowest BCUT2D eigenvalue weighted by atomic mass is 10.1. The third-order valence-electron chi connectivity index (χ3n) is 5.65. The van der Waals surface area contributed by atoms with Crippen molar-refractivity contribution in [2.45, 2.75) is 34.2 Å². The SMILES string of the molecule is CCOC(=O)c1cc(Oc2nc(CN3CCOCC3)nc3sc(C)c(C)c23)cc(C(=O)OCC)c1. The van der Waals surface area contributed by atoms with Gasteiger partial charge in [-0.25, -0.2) is 14.6 Å². The van der Waals surface area contributed by atoms with Crippen molar-refractivity contribution < 1.29 is 28.5 Å². The smallest absolute Gasteiger partial charge is 0.338 e. The number of nitrogens with zero attached hydrogens (tertiary/aromatic N) is 3. The molecule has 0 atom stereocenters. The Hall–Kier alpha value is -3.08. The molecule has 1 saturated heterocycles. The third-order valence-corrected chi connectivity index (χ3v) is 6.75. The number of benzene rings is 1. The average Bonchev–Trinajstić information content (AvgIpc) is 3.13. The predicted octanol–water partition coefficient (Wildman–Crippen LogP) is 4.29. The molecule has 1 fully saturated rings. The highest BCUT2D eigenvalue weighted by Gasteiger charge is 2.21. The lowest BCUT2D eigenvalue weighted by molar-refractivity contribution is 0.0330. The Morgan fingerprint density at radius 3 is 2.23 bits per heavy atom. The van der Waals surface area contributed by atoms with Gasteiger partial charge in [0.1, 0.15) is 16.4 Å². The number of fused-ring (bicyclic) bond motifs is 1. The van der Waals surface area contributed by atoms with Gasteiger partial charge in [-0.3, -0.25) is 4.90 Å². The molecule has 186 valence electrons. The van der Waals surface area contributed by atoms with Crippen molar-refractivity contribution in [1.82, 2.24) is 14.9 Å². The van der Waals surface area contributed by atoms with Crippen LogP contribution in [0, 0.1) is 13.8 Å². The van der Waals surface area contributed by atoms with E-state index in [0.717, 1.165) is 33.7 Å². The first-order valence-corrected chi connectivity index (χ1v) is 12.4. The molecule has 35 heavy (non-hydrogen) atoms. The van der Waals surface area contributed by atoms with E-state index in [1.165, 1.54) is 6.07 Å². The van der Waals surface area contributed by atoms with E-state index in [-0.39, 0.29) is 24.3 Å². The molecule has 0 unspecified atom stereocenters. The first-order valence-electron chi connectivity index (χ1n) is 11.6. The molecule has 2 aromatic heterocycles. The second-order valence-electron chi connectivity index (χ2n) is 8.09. The van der Waals surface area contributed by atoms with Gasteiger partial charge in [-0.2, -0.15) is 4.98 Å². The number of ether oxygens (including phenoxy) is 4. The lowest BCUT2D eigenvalue weighted by Crippen LogP contribution is -2.36. The summed E-state index contributed by atoms with van der Waals surface area (Å²) >= 11 is 1.59. The van der Waals surface area contributed by atoms with Crippen molar-refractivity contribution >= 4 is 33.5 Å². The quantitative estimate of drug-likeness (QED) is 0.420. The molecule has 4 rings (SSSR count). The number of morpholine rings is 1. The Balaban J connectivity index is 1.75. The van der Waals surface area contributed by atoms with Crippen molar-refractivity contribution in [3.05, 3.63) is 45.6 Å². The van der Waals surface area contributed by atoms with Crippen LogP contribution in [-0.2, 0) is 20.8 Å². The normalized spacial score (nSPS) is 14.2. The van der Waals surface area contributed by atoms with Crippen LogP contribution in [-0.4, -0.2) is 66.3 Å². The summed E-state index contributed by atoms with van der Waals surface area (Å²) < 4.78 is 22.0. The second-order valence-corrected chi connectivity index (χ2v) is 9.29. The van der Waals surface area contributed by atoms with Crippen LogP contribution in [0.2, 0.25) is 0 Å². The van der Waals surface area contributed by atoms with Gasteiger partial charge in [0.25, 0.3) is 0 Å². The standard InChI is InChI=1S/C25H29N3O6S/c1-5-32-24(29)17-11-18(25(30)33-6-2)13-19(12-17)34-22-21-15(3)16(4)35-23(21)27-20(26-22)14-28-7-9-31-10-8-28/h11-13H,5-10,14H2,1-4H3. The number of thiophene rings is 1. The van der Waals surface area contributed by atoms with Gasteiger partial charge < -0.3 is 18.9 Å². The highest BCUT2D eigenvalue weighted by atomic mass is 32.1. The van der Waals surface area contributed by atoms with Crippen molar-refractivity contribution in [1.29, 1.82) is 0 Å². The fourth-order valence-electron chi connectivity index (χ4n) is 3.79. The number of carbonyl (C=O) groups is 2. The van der Waals surface area contributed by atoms with E-state index < -0.39 is 11.9 Å². The first kappa shape index (κ1) is 25.0. The van der Waals surface area contributed by atoms with Crippen LogP contribution in [0.15, 0.2) is 18.2 Å². The van der Waals surface area contributed by atoms with Gasteiger partial charge in [0.05, 0.1) is 49.5 Å².